The fourth-order valence-electron chi connectivity index (χ4n) is 2.09. The fraction of sp³-hybridized carbons (Fsp3) is 0.600. The number of hydrogen-bond donors (Lipinski definition) is 3. The molecule has 0 amide bonds. The van der Waals surface area contributed by atoms with Crippen LogP contribution in [-0.4, -0.2) is 76.0 Å². The summed E-state index contributed by atoms with van der Waals surface area (Å²) in [6.45, 7) is -0.142. The second-order valence-electron chi connectivity index (χ2n) is 6.10. The third-order valence-corrected chi connectivity index (χ3v) is 5.71. The first-order valence-corrected chi connectivity index (χ1v) is 13.5. The summed E-state index contributed by atoms with van der Waals surface area (Å²) in [5.41, 5.74) is 0. The highest BCUT2D eigenvalue weighted by Crippen LogP contribution is 2.28. The molecular weight excluding hydrogens is 468 g/mol. The molecule has 1 aromatic carbocycles. The van der Waals surface area contributed by atoms with Crippen molar-refractivity contribution < 1.29 is 53.1 Å². The normalized spacial score (nSPS) is 12.5. The molecule has 0 aliphatic carbocycles. The largest absolute Gasteiger partial charge is 0.493 e. The highest BCUT2D eigenvalue weighted by Gasteiger charge is 2.09. The van der Waals surface area contributed by atoms with Gasteiger partial charge in [0.05, 0.1) is 37.1 Å². The number of hydrogen-bond acceptors (Lipinski definition) is 9. The SMILES string of the molecule is O=S(=O)(O)CCCOc1cc(OCCCS(=O)(=O)O)cc(OCCCS(=O)(=O)O)c1. The number of benzene rings is 1. The predicted molar refractivity (Wildman–Crippen MR) is 106 cm³/mol. The van der Waals surface area contributed by atoms with Gasteiger partial charge in [0.15, 0.2) is 0 Å². The Hall–Kier alpha value is -1.65. The molecule has 0 fully saturated rings. The van der Waals surface area contributed by atoms with Gasteiger partial charge in [0, 0.05) is 18.2 Å². The lowest BCUT2D eigenvalue weighted by atomic mass is 10.3. The Labute approximate surface area is 175 Å². The van der Waals surface area contributed by atoms with Crippen LogP contribution in [0.3, 0.4) is 0 Å². The molecule has 0 aliphatic heterocycles. The van der Waals surface area contributed by atoms with Crippen LogP contribution >= 0.6 is 0 Å². The minimum absolute atomic E-state index is 0.0167. The summed E-state index contributed by atoms with van der Waals surface area (Å²) in [4.78, 5) is 0. The smallest absolute Gasteiger partial charge is 0.264 e. The zero-order valence-electron chi connectivity index (χ0n) is 15.8. The molecule has 0 saturated carbocycles. The highest BCUT2D eigenvalue weighted by atomic mass is 32.2. The summed E-state index contributed by atoms with van der Waals surface area (Å²) in [5, 5.41) is 0. The van der Waals surface area contributed by atoms with E-state index in [1.165, 1.54) is 18.2 Å². The lowest BCUT2D eigenvalue weighted by Gasteiger charge is -2.13. The minimum Gasteiger partial charge on any atom is -0.493 e. The monoisotopic (exact) mass is 492 g/mol. The second kappa shape index (κ2) is 11.7. The van der Waals surface area contributed by atoms with Crippen LogP contribution in [0.15, 0.2) is 18.2 Å². The topological polar surface area (TPSA) is 191 Å². The summed E-state index contributed by atoms with van der Waals surface area (Å²) < 4.78 is 107. The third kappa shape index (κ3) is 14.4. The van der Waals surface area contributed by atoms with Gasteiger partial charge in [-0.2, -0.15) is 25.3 Å². The molecule has 3 N–H and O–H groups in total. The van der Waals surface area contributed by atoms with Gasteiger partial charge in [-0.3, -0.25) is 13.7 Å². The van der Waals surface area contributed by atoms with Crippen molar-refractivity contribution in [2.45, 2.75) is 19.3 Å². The lowest BCUT2D eigenvalue weighted by molar-refractivity contribution is 0.285. The zero-order chi connectivity index (χ0) is 22.8. The maximum Gasteiger partial charge on any atom is 0.264 e. The minimum atomic E-state index is -4.12. The Morgan fingerprint density at radius 1 is 0.533 bits per heavy atom. The van der Waals surface area contributed by atoms with Gasteiger partial charge < -0.3 is 14.2 Å². The van der Waals surface area contributed by atoms with E-state index in [0.717, 1.165) is 0 Å². The standard InChI is InChI=1S/C15H24O12S3/c16-28(17,18)7-1-4-25-13-10-14(26-5-2-8-29(19,20)21)12-15(11-13)27-6-3-9-30(22,23)24/h10-12H,1-9H2,(H,16,17,18)(H,19,20,21)(H,22,23,24). The molecule has 0 aliphatic rings. The van der Waals surface area contributed by atoms with Gasteiger partial charge >= 0.3 is 0 Å². The molecule has 12 nitrogen and oxygen atoms in total. The number of ether oxygens (including phenoxy) is 3. The first-order valence-electron chi connectivity index (χ1n) is 8.62. The molecule has 0 saturated heterocycles. The van der Waals surface area contributed by atoms with E-state index in [0.29, 0.717) is 0 Å². The van der Waals surface area contributed by atoms with Crippen molar-refractivity contribution in [3.05, 3.63) is 18.2 Å². The Morgan fingerprint density at radius 3 is 0.967 bits per heavy atom. The van der Waals surface area contributed by atoms with Crippen molar-refractivity contribution in [1.29, 1.82) is 0 Å². The van der Waals surface area contributed by atoms with E-state index >= 15 is 0 Å². The maximum absolute atomic E-state index is 10.7. The van der Waals surface area contributed by atoms with E-state index in [-0.39, 0.29) is 56.3 Å². The Morgan fingerprint density at radius 2 is 0.767 bits per heavy atom. The molecule has 174 valence electrons. The Kier molecular flexibility index (Phi) is 10.3. The first kappa shape index (κ1) is 26.4. The molecule has 1 rings (SSSR count). The average Bonchev–Trinajstić information content (AvgIpc) is 2.57. The summed E-state index contributed by atoms with van der Waals surface area (Å²) in [7, 11) is -12.4. The van der Waals surface area contributed by atoms with Crippen LogP contribution in [0.4, 0.5) is 0 Å². The second-order valence-corrected chi connectivity index (χ2v) is 10.8. The average molecular weight is 493 g/mol. The molecular formula is C15H24O12S3. The summed E-state index contributed by atoms with van der Waals surface area (Å²) in [6, 6.07) is 4.31. The molecule has 0 spiro atoms. The van der Waals surface area contributed by atoms with Crippen LogP contribution in [0.25, 0.3) is 0 Å². The number of rotatable bonds is 15. The van der Waals surface area contributed by atoms with E-state index in [1.807, 2.05) is 0 Å². The fourth-order valence-corrected chi connectivity index (χ4v) is 3.54. The van der Waals surface area contributed by atoms with E-state index < -0.39 is 47.6 Å². The van der Waals surface area contributed by atoms with Crippen LogP contribution in [-0.2, 0) is 30.4 Å². The van der Waals surface area contributed by atoms with Crippen LogP contribution in [0.5, 0.6) is 17.2 Å². The van der Waals surface area contributed by atoms with E-state index in [4.69, 9.17) is 27.9 Å². The lowest BCUT2D eigenvalue weighted by Crippen LogP contribution is -2.10. The van der Waals surface area contributed by atoms with Gasteiger partial charge in [0.1, 0.15) is 17.2 Å². The first-order chi connectivity index (χ1) is 13.7. The molecule has 0 radical (unpaired) electrons. The Balaban J connectivity index is 2.73. The van der Waals surface area contributed by atoms with Crippen molar-refractivity contribution in [1.82, 2.24) is 0 Å². The predicted octanol–water partition coefficient (Wildman–Crippen LogP) is 0.657. The highest BCUT2D eigenvalue weighted by molar-refractivity contribution is 7.86. The van der Waals surface area contributed by atoms with Crippen LogP contribution in [0, 0.1) is 0 Å². The van der Waals surface area contributed by atoms with Crippen molar-refractivity contribution in [3.8, 4) is 17.2 Å². The molecule has 1 aromatic rings. The van der Waals surface area contributed by atoms with Crippen molar-refractivity contribution in [2.24, 2.45) is 0 Å². The zero-order valence-corrected chi connectivity index (χ0v) is 18.3. The van der Waals surface area contributed by atoms with Gasteiger partial charge in [-0.05, 0) is 19.3 Å². The maximum atomic E-state index is 10.7. The van der Waals surface area contributed by atoms with Crippen LogP contribution in [0.2, 0.25) is 0 Å². The summed E-state index contributed by atoms with van der Waals surface area (Å²) >= 11 is 0. The van der Waals surface area contributed by atoms with E-state index in [9.17, 15) is 25.3 Å². The van der Waals surface area contributed by atoms with E-state index in [1.54, 1.807) is 0 Å². The molecule has 15 heteroatoms. The van der Waals surface area contributed by atoms with Gasteiger partial charge in [-0.25, -0.2) is 0 Å². The molecule has 30 heavy (non-hydrogen) atoms. The molecule has 0 atom stereocenters. The van der Waals surface area contributed by atoms with Crippen molar-refractivity contribution in [2.75, 3.05) is 37.1 Å². The van der Waals surface area contributed by atoms with Crippen molar-refractivity contribution >= 4 is 30.4 Å². The van der Waals surface area contributed by atoms with Crippen LogP contribution in [0.1, 0.15) is 19.3 Å². The van der Waals surface area contributed by atoms with Crippen LogP contribution < -0.4 is 14.2 Å². The molecule has 0 aromatic heterocycles. The molecule has 0 heterocycles. The Bertz CT molecular complexity index is 843. The van der Waals surface area contributed by atoms with Crippen molar-refractivity contribution in [3.63, 3.8) is 0 Å². The van der Waals surface area contributed by atoms with Gasteiger partial charge in [0.2, 0.25) is 0 Å². The summed E-state index contributed by atoms with van der Waals surface area (Å²) in [5.74, 6) is -0.792. The molecule has 0 bridgehead atoms. The van der Waals surface area contributed by atoms with Gasteiger partial charge in [0.25, 0.3) is 30.4 Å². The summed E-state index contributed by atoms with van der Waals surface area (Å²) in [6.07, 6.45) is 0.0501. The quantitative estimate of drug-likeness (QED) is 0.229. The van der Waals surface area contributed by atoms with Gasteiger partial charge in [-0.15, -0.1) is 0 Å². The molecule has 0 unspecified atom stereocenters. The van der Waals surface area contributed by atoms with E-state index in [2.05, 4.69) is 0 Å². The third-order valence-electron chi connectivity index (χ3n) is 3.30. The van der Waals surface area contributed by atoms with Gasteiger partial charge in [-0.1, -0.05) is 0 Å².